The molecule has 0 spiro atoms. The molecule has 0 saturated carbocycles. The number of benzene rings is 2. The molecule has 3 rings (SSSR count). The highest BCUT2D eigenvalue weighted by molar-refractivity contribution is 7.92. The lowest BCUT2D eigenvalue weighted by Gasteiger charge is -2.28. The number of hydrogen-bond donors (Lipinski definition) is 3. The van der Waals surface area contributed by atoms with Crippen LogP contribution >= 0.6 is 12.6 Å². The van der Waals surface area contributed by atoms with E-state index in [1.54, 1.807) is 24.3 Å². The number of ether oxygens (including phenoxy) is 2. The summed E-state index contributed by atoms with van der Waals surface area (Å²) in [5.74, 6) is 1.02. The molecule has 1 amide bonds. The molecule has 1 heterocycles. The van der Waals surface area contributed by atoms with Gasteiger partial charge in [0.05, 0.1) is 10.6 Å². The largest absolute Gasteiger partial charge is 0.505 e. The Morgan fingerprint density at radius 2 is 1.86 bits per heavy atom. The van der Waals surface area contributed by atoms with Crippen molar-refractivity contribution in [3.63, 3.8) is 0 Å². The van der Waals surface area contributed by atoms with Gasteiger partial charge in [-0.25, -0.2) is 8.42 Å². The first kappa shape index (κ1) is 27.0. The maximum Gasteiger partial charge on any atom is 0.264 e. The van der Waals surface area contributed by atoms with Crippen molar-refractivity contribution in [2.45, 2.75) is 39.0 Å². The van der Waals surface area contributed by atoms with Crippen LogP contribution in [0.4, 0.5) is 5.69 Å². The van der Waals surface area contributed by atoms with Gasteiger partial charge in [0.2, 0.25) is 12.7 Å². The van der Waals surface area contributed by atoms with E-state index in [4.69, 9.17) is 9.47 Å². The van der Waals surface area contributed by atoms with E-state index in [0.29, 0.717) is 35.8 Å². The molecule has 2 N–H and O–H groups in total. The number of amides is 1. The lowest BCUT2D eigenvalue weighted by atomic mass is 9.99. The van der Waals surface area contributed by atoms with E-state index in [1.807, 2.05) is 27.7 Å². The van der Waals surface area contributed by atoms with Gasteiger partial charge in [-0.1, -0.05) is 39.8 Å². The smallest absolute Gasteiger partial charge is 0.264 e. The van der Waals surface area contributed by atoms with Gasteiger partial charge in [-0.2, -0.15) is 12.6 Å². The summed E-state index contributed by atoms with van der Waals surface area (Å²) < 4.78 is 39.3. The average Bonchev–Trinajstić information content (AvgIpc) is 3.30. The number of sulfonamides is 1. The van der Waals surface area contributed by atoms with Gasteiger partial charge >= 0.3 is 0 Å². The average molecular weight is 523 g/mol. The highest BCUT2D eigenvalue weighted by Crippen LogP contribution is 2.39. The minimum atomic E-state index is -4.00. The number of para-hydroxylation sites is 1. The van der Waals surface area contributed by atoms with E-state index in [9.17, 15) is 18.3 Å². The monoisotopic (exact) mass is 522 g/mol. The summed E-state index contributed by atoms with van der Waals surface area (Å²) in [6.45, 7) is 8.27. The second kappa shape index (κ2) is 11.4. The number of phenols is 1. The lowest BCUT2D eigenvalue weighted by molar-refractivity contribution is -0.124. The van der Waals surface area contributed by atoms with Crippen LogP contribution in [0.25, 0.3) is 0 Å². The van der Waals surface area contributed by atoms with Gasteiger partial charge in [0.1, 0.15) is 5.75 Å². The third kappa shape index (κ3) is 6.35. The van der Waals surface area contributed by atoms with Crippen molar-refractivity contribution in [3.05, 3.63) is 42.0 Å². The Hall–Kier alpha value is -2.59. The van der Waals surface area contributed by atoms with E-state index >= 15 is 0 Å². The fraction of sp³-hybridized carbons (Fsp3) is 0.480. The van der Waals surface area contributed by atoms with Crippen LogP contribution in [0.5, 0.6) is 17.2 Å². The van der Waals surface area contributed by atoms with Gasteiger partial charge in [0.15, 0.2) is 11.5 Å². The summed E-state index contributed by atoms with van der Waals surface area (Å²) >= 11 is 4.15. The number of fused-ring (bicyclic) bond motifs is 1. The molecule has 0 aliphatic carbocycles. The molecule has 0 aromatic heterocycles. The minimum Gasteiger partial charge on any atom is -0.505 e. The van der Waals surface area contributed by atoms with Crippen molar-refractivity contribution < 1.29 is 27.8 Å². The van der Waals surface area contributed by atoms with E-state index < -0.39 is 10.0 Å². The van der Waals surface area contributed by atoms with Crippen molar-refractivity contribution in [1.29, 1.82) is 0 Å². The topological polar surface area (TPSA) is 105 Å². The maximum atomic E-state index is 13.7. The van der Waals surface area contributed by atoms with Crippen molar-refractivity contribution in [3.8, 4) is 17.2 Å². The Kier molecular flexibility index (Phi) is 8.82. The molecule has 8 nitrogen and oxygen atoms in total. The van der Waals surface area contributed by atoms with Gasteiger partial charge < -0.3 is 19.9 Å². The van der Waals surface area contributed by atoms with Crippen LogP contribution in [0.15, 0.2) is 41.3 Å². The lowest BCUT2D eigenvalue weighted by Crippen LogP contribution is -2.35. The van der Waals surface area contributed by atoms with Crippen LogP contribution in [0.2, 0.25) is 0 Å². The molecule has 0 bridgehead atoms. The molecule has 35 heavy (non-hydrogen) atoms. The molecule has 2 aromatic rings. The number of thiol groups is 1. The predicted octanol–water partition coefficient (Wildman–Crippen LogP) is 3.83. The first-order chi connectivity index (χ1) is 16.5. The molecule has 1 unspecified atom stereocenters. The number of carbonyl (C=O) groups excluding carboxylic acids is 1. The van der Waals surface area contributed by atoms with E-state index in [-0.39, 0.29) is 53.3 Å². The first-order valence-electron chi connectivity index (χ1n) is 11.7. The van der Waals surface area contributed by atoms with Crippen LogP contribution in [0, 0.1) is 17.8 Å². The highest BCUT2D eigenvalue weighted by Gasteiger charge is 2.30. The van der Waals surface area contributed by atoms with Crippen molar-refractivity contribution in [2.24, 2.45) is 17.8 Å². The Bertz CT molecular complexity index is 1150. The zero-order valence-electron chi connectivity index (χ0n) is 20.5. The standard InChI is InChI=1S/C25H34N2O6S2/c1-16(2)13-27(35(30,31)20-8-9-22-23(11-20)33-15-32-22)21-7-5-6-19(24(21)28)10-17(3)12-26-25(29)18(4)14-34/h5-9,11,16-18,28,34H,10,12-15H2,1-4H3,(H,26,29)/t17?,18-/m0/s1. The molecular weight excluding hydrogens is 488 g/mol. The molecular formula is C25H34N2O6S2. The van der Waals surface area contributed by atoms with Crippen LogP contribution in [-0.2, 0) is 21.2 Å². The molecule has 2 aromatic carbocycles. The molecule has 10 heteroatoms. The van der Waals surface area contributed by atoms with Crippen molar-refractivity contribution in [1.82, 2.24) is 5.32 Å². The number of aromatic hydroxyl groups is 1. The zero-order chi connectivity index (χ0) is 25.8. The number of rotatable bonds is 11. The van der Waals surface area contributed by atoms with Gasteiger partial charge in [-0.05, 0) is 42.0 Å². The summed E-state index contributed by atoms with van der Waals surface area (Å²) in [4.78, 5) is 12.1. The number of hydrogen-bond acceptors (Lipinski definition) is 7. The summed E-state index contributed by atoms with van der Waals surface area (Å²) in [5, 5.41) is 14.0. The second-order valence-corrected chi connectivity index (χ2v) is 11.6. The van der Waals surface area contributed by atoms with Gasteiger partial charge in [-0.15, -0.1) is 0 Å². The number of nitrogens with one attached hydrogen (secondary N) is 1. The number of carbonyl (C=O) groups is 1. The Balaban J connectivity index is 1.87. The van der Waals surface area contributed by atoms with Crippen molar-refractivity contribution >= 4 is 34.2 Å². The maximum absolute atomic E-state index is 13.7. The molecule has 0 fully saturated rings. The minimum absolute atomic E-state index is 0.00444. The van der Waals surface area contributed by atoms with Crippen LogP contribution in [-0.4, -0.2) is 45.1 Å². The number of nitrogens with zero attached hydrogens (tertiary/aromatic N) is 1. The first-order valence-corrected chi connectivity index (χ1v) is 13.7. The summed E-state index contributed by atoms with van der Waals surface area (Å²) in [6.07, 6.45) is 0.467. The molecule has 1 aliphatic rings. The molecule has 0 saturated heterocycles. The molecule has 1 aliphatic heterocycles. The van der Waals surface area contributed by atoms with Gasteiger partial charge in [0, 0.05) is 30.8 Å². The predicted molar refractivity (Wildman–Crippen MR) is 139 cm³/mol. The van der Waals surface area contributed by atoms with Crippen molar-refractivity contribution in [2.75, 3.05) is 29.9 Å². The molecule has 192 valence electrons. The van der Waals surface area contributed by atoms with Crippen LogP contribution in [0.1, 0.15) is 33.3 Å². The van der Waals surface area contributed by atoms with E-state index in [2.05, 4.69) is 17.9 Å². The van der Waals surface area contributed by atoms with Gasteiger partial charge in [0.25, 0.3) is 10.0 Å². The Morgan fingerprint density at radius 1 is 1.14 bits per heavy atom. The Labute approximate surface area is 213 Å². The normalized spacial score (nSPS) is 14.6. The highest BCUT2D eigenvalue weighted by atomic mass is 32.2. The molecule has 2 atom stereocenters. The number of phenolic OH excluding ortho intramolecular Hbond substituents is 1. The fourth-order valence-corrected chi connectivity index (χ4v) is 5.56. The fourth-order valence-electron chi connectivity index (χ4n) is 3.75. The summed E-state index contributed by atoms with van der Waals surface area (Å²) in [5.41, 5.74) is 0.829. The number of anilines is 1. The quantitative estimate of drug-likeness (QED) is 0.388. The second-order valence-electron chi connectivity index (χ2n) is 9.37. The van der Waals surface area contributed by atoms with Gasteiger partial charge in [-0.3, -0.25) is 9.10 Å². The Morgan fingerprint density at radius 3 is 2.54 bits per heavy atom. The summed E-state index contributed by atoms with van der Waals surface area (Å²) in [6, 6.07) is 9.61. The van der Waals surface area contributed by atoms with E-state index in [0.717, 1.165) is 0 Å². The van der Waals surface area contributed by atoms with Crippen LogP contribution in [0.3, 0.4) is 0 Å². The van der Waals surface area contributed by atoms with Crippen LogP contribution < -0.4 is 19.1 Å². The third-order valence-electron chi connectivity index (χ3n) is 5.74. The molecule has 0 radical (unpaired) electrons. The third-order valence-corrected chi connectivity index (χ3v) is 8.07. The van der Waals surface area contributed by atoms with E-state index in [1.165, 1.54) is 16.4 Å². The zero-order valence-corrected chi connectivity index (χ0v) is 22.2. The summed E-state index contributed by atoms with van der Waals surface area (Å²) in [7, 11) is -4.00. The SMILES string of the molecule is CC(C)CN(c1cccc(CC(C)CNC(=O)[C@@H](C)CS)c1O)S(=O)(=O)c1ccc2c(c1)OCO2.